The zero-order valence-electron chi connectivity index (χ0n) is 9.71. The van der Waals surface area contributed by atoms with Crippen molar-refractivity contribution < 1.29 is 0 Å². The van der Waals surface area contributed by atoms with Crippen LogP contribution in [0.3, 0.4) is 0 Å². The number of anilines is 1. The molecule has 0 unspecified atom stereocenters. The predicted molar refractivity (Wildman–Crippen MR) is 68.6 cm³/mol. The Hall–Kier alpha value is -2.63. The average Bonchev–Trinajstić information content (AvgIpc) is 2.70. The molecule has 2 aromatic heterocycles. The van der Waals surface area contributed by atoms with Crippen molar-refractivity contribution in [3.05, 3.63) is 46.6 Å². The van der Waals surface area contributed by atoms with Crippen molar-refractivity contribution in [2.45, 2.75) is 6.92 Å². The van der Waals surface area contributed by atoms with E-state index >= 15 is 0 Å². The summed E-state index contributed by atoms with van der Waals surface area (Å²) in [4.78, 5) is 18.3. The molecule has 3 N–H and O–H groups in total. The molecular weight excluding hydrogens is 230 g/mol. The monoisotopic (exact) mass is 241 g/mol. The quantitative estimate of drug-likeness (QED) is 0.622. The number of nitrogen functional groups attached to an aromatic ring is 1. The lowest BCUT2D eigenvalue weighted by Gasteiger charge is -2.03. The van der Waals surface area contributed by atoms with E-state index < -0.39 is 0 Å². The largest absolute Gasteiger partial charge is 0.399 e. The first kappa shape index (κ1) is 10.5. The van der Waals surface area contributed by atoms with Crippen molar-refractivity contribution in [2.75, 3.05) is 5.73 Å². The molecule has 6 heteroatoms. The zero-order chi connectivity index (χ0) is 12.7. The van der Waals surface area contributed by atoms with Crippen molar-refractivity contribution in [1.29, 1.82) is 0 Å². The number of aryl methyl sites for hydroxylation is 1. The summed E-state index contributed by atoms with van der Waals surface area (Å²) >= 11 is 0. The van der Waals surface area contributed by atoms with Gasteiger partial charge in [-0.05, 0) is 25.1 Å². The maximum absolute atomic E-state index is 11.4. The second kappa shape index (κ2) is 3.69. The molecule has 0 spiro atoms. The maximum atomic E-state index is 11.4. The molecule has 1 aromatic carbocycles. The molecule has 0 bridgehead atoms. The fraction of sp³-hybridized carbons (Fsp3) is 0.0833. The molecule has 0 amide bonds. The summed E-state index contributed by atoms with van der Waals surface area (Å²) in [5.74, 6) is 1.03. The van der Waals surface area contributed by atoms with Crippen LogP contribution in [-0.4, -0.2) is 19.7 Å². The van der Waals surface area contributed by atoms with Gasteiger partial charge in [0.2, 0.25) is 0 Å². The smallest absolute Gasteiger partial charge is 0.253 e. The van der Waals surface area contributed by atoms with Crippen LogP contribution in [0.15, 0.2) is 35.3 Å². The second-order valence-corrected chi connectivity index (χ2v) is 4.06. The van der Waals surface area contributed by atoms with Crippen LogP contribution in [0.25, 0.3) is 16.7 Å². The van der Waals surface area contributed by atoms with E-state index in [1.54, 1.807) is 23.9 Å². The van der Waals surface area contributed by atoms with Gasteiger partial charge in [0, 0.05) is 17.1 Å². The topological polar surface area (TPSA) is 89.6 Å². The molecule has 3 aromatic rings. The molecule has 0 atom stereocenters. The van der Waals surface area contributed by atoms with Gasteiger partial charge in [0.05, 0.1) is 11.7 Å². The van der Waals surface area contributed by atoms with Gasteiger partial charge >= 0.3 is 0 Å². The number of benzene rings is 1. The molecule has 0 saturated heterocycles. The van der Waals surface area contributed by atoms with E-state index in [4.69, 9.17) is 5.73 Å². The number of aromatic amines is 1. The molecule has 0 aliphatic carbocycles. The predicted octanol–water partition coefficient (Wildman–Crippen LogP) is 0.999. The minimum atomic E-state index is -0.204. The Morgan fingerprint density at radius 2 is 2.17 bits per heavy atom. The van der Waals surface area contributed by atoms with Crippen molar-refractivity contribution in [1.82, 2.24) is 19.7 Å². The summed E-state index contributed by atoms with van der Waals surface area (Å²) in [6.07, 6.45) is 1.72. The number of aromatic nitrogens is 4. The highest BCUT2D eigenvalue weighted by atomic mass is 16.1. The van der Waals surface area contributed by atoms with E-state index in [2.05, 4.69) is 15.1 Å². The molecule has 3 rings (SSSR count). The molecule has 6 nitrogen and oxygen atoms in total. The van der Waals surface area contributed by atoms with Crippen LogP contribution in [-0.2, 0) is 0 Å². The Morgan fingerprint density at radius 3 is 2.94 bits per heavy atom. The third-order valence-electron chi connectivity index (χ3n) is 2.66. The minimum absolute atomic E-state index is 0.204. The average molecular weight is 241 g/mol. The SMILES string of the molecule is Cc1nc(-n2ncc3ccc(N)cc32)cc(=O)[nH]1. The van der Waals surface area contributed by atoms with Crippen LogP contribution in [0.1, 0.15) is 5.82 Å². The Kier molecular flexibility index (Phi) is 2.16. The van der Waals surface area contributed by atoms with Crippen molar-refractivity contribution in [3.63, 3.8) is 0 Å². The molecule has 90 valence electrons. The van der Waals surface area contributed by atoms with Gasteiger partial charge < -0.3 is 10.7 Å². The van der Waals surface area contributed by atoms with Crippen molar-refractivity contribution in [3.8, 4) is 5.82 Å². The summed E-state index contributed by atoms with van der Waals surface area (Å²) in [6, 6.07) is 6.90. The lowest BCUT2D eigenvalue weighted by atomic mass is 10.2. The van der Waals surface area contributed by atoms with Gasteiger partial charge in [-0.3, -0.25) is 4.79 Å². The van der Waals surface area contributed by atoms with Gasteiger partial charge in [-0.1, -0.05) is 0 Å². The number of nitrogens with one attached hydrogen (secondary N) is 1. The minimum Gasteiger partial charge on any atom is -0.399 e. The number of fused-ring (bicyclic) bond motifs is 1. The highest BCUT2D eigenvalue weighted by molar-refractivity contribution is 5.83. The summed E-state index contributed by atoms with van der Waals surface area (Å²) in [5.41, 5.74) is 7.03. The van der Waals surface area contributed by atoms with E-state index in [1.807, 2.05) is 12.1 Å². The zero-order valence-corrected chi connectivity index (χ0v) is 9.71. The molecule has 0 aliphatic rings. The van der Waals surface area contributed by atoms with Crippen LogP contribution >= 0.6 is 0 Å². The van der Waals surface area contributed by atoms with E-state index in [0.29, 0.717) is 17.3 Å². The lowest BCUT2D eigenvalue weighted by molar-refractivity contribution is 0.845. The molecule has 0 radical (unpaired) electrons. The van der Waals surface area contributed by atoms with Gasteiger partial charge in [0.1, 0.15) is 5.82 Å². The van der Waals surface area contributed by atoms with E-state index in [-0.39, 0.29) is 5.56 Å². The van der Waals surface area contributed by atoms with Crippen molar-refractivity contribution >= 4 is 16.6 Å². The second-order valence-electron chi connectivity index (χ2n) is 4.06. The third kappa shape index (κ3) is 1.64. The highest BCUT2D eigenvalue weighted by Gasteiger charge is 2.07. The first-order valence-corrected chi connectivity index (χ1v) is 5.45. The summed E-state index contributed by atoms with van der Waals surface area (Å²) in [5, 5.41) is 5.18. The number of rotatable bonds is 1. The highest BCUT2D eigenvalue weighted by Crippen LogP contribution is 2.19. The first-order chi connectivity index (χ1) is 8.63. The number of H-pyrrole nitrogens is 1. The fourth-order valence-corrected chi connectivity index (χ4v) is 1.89. The Balaban J connectivity index is 2.31. The number of hydrogen-bond donors (Lipinski definition) is 2. The molecule has 0 fully saturated rings. The first-order valence-electron chi connectivity index (χ1n) is 5.45. The number of hydrogen-bond acceptors (Lipinski definition) is 4. The van der Waals surface area contributed by atoms with Gasteiger partial charge in [0.25, 0.3) is 5.56 Å². The van der Waals surface area contributed by atoms with Crippen LogP contribution in [0.5, 0.6) is 0 Å². The Morgan fingerprint density at radius 1 is 1.33 bits per heavy atom. The number of nitrogens with zero attached hydrogens (tertiary/aromatic N) is 3. The Labute approximate surface area is 102 Å². The van der Waals surface area contributed by atoms with Crippen LogP contribution in [0.4, 0.5) is 5.69 Å². The van der Waals surface area contributed by atoms with E-state index in [0.717, 1.165) is 10.9 Å². The van der Waals surface area contributed by atoms with Crippen LogP contribution in [0, 0.1) is 6.92 Å². The van der Waals surface area contributed by atoms with Crippen LogP contribution < -0.4 is 11.3 Å². The van der Waals surface area contributed by atoms with E-state index in [9.17, 15) is 4.79 Å². The summed E-state index contributed by atoms with van der Waals surface area (Å²) in [6.45, 7) is 1.73. The summed E-state index contributed by atoms with van der Waals surface area (Å²) in [7, 11) is 0. The van der Waals surface area contributed by atoms with E-state index in [1.165, 1.54) is 6.07 Å². The molecule has 0 aliphatic heterocycles. The van der Waals surface area contributed by atoms with Crippen molar-refractivity contribution in [2.24, 2.45) is 0 Å². The molecular formula is C12H11N5O. The van der Waals surface area contributed by atoms with Gasteiger partial charge in [0.15, 0.2) is 5.82 Å². The fourth-order valence-electron chi connectivity index (χ4n) is 1.89. The van der Waals surface area contributed by atoms with Gasteiger partial charge in [-0.15, -0.1) is 0 Å². The third-order valence-corrected chi connectivity index (χ3v) is 2.66. The molecule has 0 saturated carbocycles. The Bertz CT molecular complexity index is 787. The number of nitrogens with two attached hydrogens (primary N) is 1. The molecule has 18 heavy (non-hydrogen) atoms. The summed E-state index contributed by atoms with van der Waals surface area (Å²) < 4.78 is 1.61. The van der Waals surface area contributed by atoms with Gasteiger partial charge in [-0.2, -0.15) is 5.10 Å². The maximum Gasteiger partial charge on any atom is 0.253 e. The normalized spacial score (nSPS) is 10.9. The lowest BCUT2D eigenvalue weighted by Crippen LogP contribution is -2.12. The van der Waals surface area contributed by atoms with Gasteiger partial charge in [-0.25, -0.2) is 9.67 Å². The standard InChI is InChI=1S/C12H11N5O/c1-7-15-11(5-12(18)16-7)17-10-4-9(13)3-2-8(10)6-14-17/h2-6H,13H2,1H3,(H,15,16,18). The van der Waals surface area contributed by atoms with Crippen LogP contribution in [0.2, 0.25) is 0 Å². The molecule has 2 heterocycles.